The molecule has 0 aliphatic carbocycles. The number of halogens is 1. The predicted molar refractivity (Wildman–Crippen MR) is 76.2 cm³/mol. The fourth-order valence-electron chi connectivity index (χ4n) is 1.63. The summed E-state index contributed by atoms with van der Waals surface area (Å²) in [7, 11) is 1.85. The van der Waals surface area contributed by atoms with Gasteiger partial charge in [0.1, 0.15) is 0 Å². The van der Waals surface area contributed by atoms with Crippen LogP contribution in [0.1, 0.15) is 18.9 Å². The zero-order valence-corrected chi connectivity index (χ0v) is 11.6. The second-order valence-electron chi connectivity index (χ2n) is 4.20. The number of nitrogens with zero attached hydrogens (tertiary/aromatic N) is 2. The molecular weight excluding hydrogens is 264 g/mol. The Balaban J connectivity index is 3.13. The van der Waals surface area contributed by atoms with Gasteiger partial charge >= 0.3 is 5.97 Å². The van der Waals surface area contributed by atoms with E-state index in [1.54, 1.807) is 18.2 Å². The highest BCUT2D eigenvalue weighted by atomic mass is 35.5. The Labute approximate surface area is 117 Å². The third kappa shape index (κ3) is 4.31. The van der Waals surface area contributed by atoms with Crippen molar-refractivity contribution in [2.24, 2.45) is 0 Å². The molecule has 19 heavy (non-hydrogen) atoms. The summed E-state index contributed by atoms with van der Waals surface area (Å²) in [6.45, 7) is 1.93. The minimum absolute atomic E-state index is 0.0143. The van der Waals surface area contributed by atoms with Gasteiger partial charge in [0, 0.05) is 29.9 Å². The Bertz CT molecular complexity index is 535. The van der Waals surface area contributed by atoms with Gasteiger partial charge in [-0.05, 0) is 30.7 Å². The average molecular weight is 279 g/mol. The Hall–Kier alpha value is -1.99. The van der Waals surface area contributed by atoms with Gasteiger partial charge in [-0.15, -0.1) is 0 Å². The fraction of sp³-hybridized carbons (Fsp3) is 0.286. The first-order valence-electron chi connectivity index (χ1n) is 5.76. The van der Waals surface area contributed by atoms with Gasteiger partial charge in [-0.25, -0.2) is 4.79 Å². The molecule has 5 heteroatoms. The van der Waals surface area contributed by atoms with E-state index in [2.05, 4.69) is 6.07 Å². The summed E-state index contributed by atoms with van der Waals surface area (Å²) in [5.74, 6) is -1.01. The van der Waals surface area contributed by atoms with Crippen LogP contribution < -0.4 is 4.90 Å². The largest absolute Gasteiger partial charge is 0.478 e. The molecule has 4 nitrogen and oxygen atoms in total. The predicted octanol–water partition coefficient (Wildman–Crippen LogP) is 3.18. The quantitative estimate of drug-likeness (QED) is 0.840. The van der Waals surface area contributed by atoms with Crippen LogP contribution >= 0.6 is 11.6 Å². The molecule has 100 valence electrons. The highest BCUT2D eigenvalue weighted by Crippen LogP contribution is 2.27. The number of aliphatic carboxylic acids is 1. The summed E-state index contributed by atoms with van der Waals surface area (Å²) >= 11 is 5.97. The second kappa shape index (κ2) is 6.81. The van der Waals surface area contributed by atoms with Gasteiger partial charge in [-0.3, -0.25) is 0 Å². The van der Waals surface area contributed by atoms with Gasteiger partial charge < -0.3 is 10.0 Å². The van der Waals surface area contributed by atoms with E-state index >= 15 is 0 Å². The van der Waals surface area contributed by atoms with E-state index in [1.807, 2.05) is 18.9 Å². The van der Waals surface area contributed by atoms with Crippen LogP contribution in [-0.2, 0) is 4.79 Å². The molecule has 0 heterocycles. The topological polar surface area (TPSA) is 64.3 Å². The Kier molecular flexibility index (Phi) is 5.40. The normalized spacial score (nSPS) is 12.1. The molecule has 0 saturated heterocycles. The van der Waals surface area contributed by atoms with E-state index < -0.39 is 5.97 Å². The Morgan fingerprint density at radius 3 is 2.89 bits per heavy atom. The minimum atomic E-state index is -1.01. The van der Waals surface area contributed by atoms with E-state index in [4.69, 9.17) is 22.0 Å². The van der Waals surface area contributed by atoms with E-state index in [9.17, 15) is 4.79 Å². The molecule has 0 amide bonds. The Morgan fingerprint density at radius 1 is 1.63 bits per heavy atom. The molecule has 1 aromatic rings. The highest BCUT2D eigenvalue weighted by Gasteiger charge is 2.13. The molecule has 1 aromatic carbocycles. The number of rotatable bonds is 5. The first-order chi connectivity index (χ1) is 8.95. The summed E-state index contributed by atoms with van der Waals surface area (Å²) in [4.78, 5) is 12.5. The van der Waals surface area contributed by atoms with Crippen LogP contribution in [0.15, 0.2) is 24.3 Å². The smallest absolute Gasteiger partial charge is 0.328 e. The van der Waals surface area contributed by atoms with Crippen molar-refractivity contribution in [3.8, 4) is 6.07 Å². The van der Waals surface area contributed by atoms with Crippen molar-refractivity contribution in [2.45, 2.75) is 19.4 Å². The molecule has 0 aliphatic rings. The SMILES string of the molecule is CC(CC#N)N(C)c1cc(Cl)ccc1/C=C/C(=O)O. The molecule has 1 rings (SSSR count). The molecule has 1 N–H and O–H groups in total. The number of hydrogen-bond donors (Lipinski definition) is 1. The number of hydrogen-bond acceptors (Lipinski definition) is 3. The van der Waals surface area contributed by atoms with Crippen molar-refractivity contribution < 1.29 is 9.90 Å². The van der Waals surface area contributed by atoms with Crippen molar-refractivity contribution in [1.82, 2.24) is 0 Å². The van der Waals surface area contributed by atoms with Crippen molar-refractivity contribution >= 4 is 29.3 Å². The summed E-state index contributed by atoms with van der Waals surface area (Å²) in [5.41, 5.74) is 1.55. The van der Waals surface area contributed by atoms with E-state index in [0.717, 1.165) is 17.3 Å². The van der Waals surface area contributed by atoms with Crippen LogP contribution in [0.2, 0.25) is 5.02 Å². The Morgan fingerprint density at radius 2 is 2.32 bits per heavy atom. The number of nitriles is 1. The zero-order chi connectivity index (χ0) is 14.4. The third-order valence-corrected chi connectivity index (χ3v) is 3.06. The van der Waals surface area contributed by atoms with Crippen LogP contribution in [0.5, 0.6) is 0 Å². The molecule has 0 radical (unpaired) electrons. The number of benzene rings is 1. The van der Waals surface area contributed by atoms with Crippen molar-refractivity contribution in [1.29, 1.82) is 5.26 Å². The lowest BCUT2D eigenvalue weighted by atomic mass is 10.1. The second-order valence-corrected chi connectivity index (χ2v) is 4.63. The number of carboxylic acids is 1. The molecule has 0 saturated carbocycles. The lowest BCUT2D eigenvalue weighted by Crippen LogP contribution is -2.28. The van der Waals surface area contributed by atoms with Gasteiger partial charge in [0.2, 0.25) is 0 Å². The zero-order valence-electron chi connectivity index (χ0n) is 10.8. The monoisotopic (exact) mass is 278 g/mol. The number of anilines is 1. The van der Waals surface area contributed by atoms with Gasteiger partial charge in [0.15, 0.2) is 0 Å². The maximum Gasteiger partial charge on any atom is 0.328 e. The fourth-order valence-corrected chi connectivity index (χ4v) is 1.80. The summed E-state index contributed by atoms with van der Waals surface area (Å²) in [6.07, 6.45) is 2.98. The molecule has 0 bridgehead atoms. The molecule has 0 fully saturated rings. The maximum atomic E-state index is 10.6. The maximum absolute atomic E-state index is 10.6. The summed E-state index contributed by atoms with van der Waals surface area (Å²) in [6, 6.07) is 7.35. The van der Waals surface area contributed by atoms with Gasteiger partial charge in [0.25, 0.3) is 0 Å². The molecule has 0 aliphatic heterocycles. The standard InChI is InChI=1S/C14H15ClN2O2/c1-10(7-8-16)17(2)13-9-12(15)5-3-11(13)4-6-14(18)19/h3-6,9-10H,7H2,1-2H3,(H,18,19)/b6-4+. The third-order valence-electron chi connectivity index (χ3n) is 2.83. The lowest BCUT2D eigenvalue weighted by molar-refractivity contribution is -0.131. The van der Waals surface area contributed by atoms with Gasteiger partial charge in [0.05, 0.1) is 12.5 Å². The van der Waals surface area contributed by atoms with Crippen LogP contribution in [0.3, 0.4) is 0 Å². The highest BCUT2D eigenvalue weighted by molar-refractivity contribution is 6.31. The molecule has 1 unspecified atom stereocenters. The summed E-state index contributed by atoms with van der Waals surface area (Å²) < 4.78 is 0. The molecule has 0 aromatic heterocycles. The molecule has 1 atom stereocenters. The average Bonchev–Trinajstić information content (AvgIpc) is 2.36. The number of carboxylic acid groups (broad SMARTS) is 1. The number of carbonyl (C=O) groups is 1. The van der Waals surface area contributed by atoms with Crippen LogP contribution in [0, 0.1) is 11.3 Å². The van der Waals surface area contributed by atoms with Gasteiger partial charge in [-0.1, -0.05) is 17.7 Å². The lowest BCUT2D eigenvalue weighted by Gasteiger charge is -2.27. The molecule has 0 spiro atoms. The van der Waals surface area contributed by atoms with E-state index in [0.29, 0.717) is 11.4 Å². The van der Waals surface area contributed by atoms with Crippen molar-refractivity contribution in [3.63, 3.8) is 0 Å². The van der Waals surface area contributed by atoms with Gasteiger partial charge in [-0.2, -0.15) is 5.26 Å². The van der Waals surface area contributed by atoms with Crippen molar-refractivity contribution in [2.75, 3.05) is 11.9 Å². The van der Waals surface area contributed by atoms with E-state index in [1.165, 1.54) is 6.08 Å². The van der Waals surface area contributed by atoms with Crippen molar-refractivity contribution in [3.05, 3.63) is 34.9 Å². The summed E-state index contributed by atoms with van der Waals surface area (Å²) in [5, 5.41) is 18.0. The van der Waals surface area contributed by atoms with E-state index in [-0.39, 0.29) is 6.04 Å². The first-order valence-corrected chi connectivity index (χ1v) is 6.14. The minimum Gasteiger partial charge on any atom is -0.478 e. The first kappa shape index (κ1) is 15.1. The molecular formula is C14H15ClN2O2. The van der Waals surface area contributed by atoms with Crippen LogP contribution in [-0.4, -0.2) is 24.2 Å². The van der Waals surface area contributed by atoms with Crippen LogP contribution in [0.25, 0.3) is 6.08 Å². The van der Waals surface area contributed by atoms with Crippen LogP contribution in [0.4, 0.5) is 5.69 Å².